The van der Waals surface area contributed by atoms with Crippen LogP contribution in [-0.4, -0.2) is 31.1 Å². The first-order chi connectivity index (χ1) is 12.5. The fourth-order valence-electron chi connectivity index (χ4n) is 2.04. The Morgan fingerprint density at radius 1 is 1.42 bits per heavy atom. The van der Waals surface area contributed by atoms with Gasteiger partial charge in [-0.15, -0.1) is 0 Å². The number of methoxy groups -OCH3 is 1. The van der Waals surface area contributed by atoms with Crippen molar-refractivity contribution in [3.05, 3.63) is 65.2 Å². The lowest BCUT2D eigenvalue weighted by atomic mass is 10.2. The minimum absolute atomic E-state index is 0.164. The average Bonchev–Trinajstić information content (AvgIpc) is 2.64. The Hall–Kier alpha value is -2.80. The van der Waals surface area contributed by atoms with Crippen molar-refractivity contribution in [1.29, 1.82) is 0 Å². The number of ether oxygens (including phenoxy) is 1. The van der Waals surface area contributed by atoms with E-state index in [1.54, 1.807) is 42.7 Å². The molecule has 5 nitrogen and oxygen atoms in total. The van der Waals surface area contributed by atoms with Crippen LogP contribution in [0.15, 0.2) is 64.6 Å². The van der Waals surface area contributed by atoms with E-state index in [0.717, 1.165) is 0 Å². The fraction of sp³-hybridized carbons (Fsp3) is 0.167. The molecule has 1 N–H and O–H groups in total. The Labute approximate surface area is 155 Å². The van der Waals surface area contributed by atoms with E-state index in [9.17, 15) is 8.78 Å². The highest BCUT2D eigenvalue weighted by Gasteiger charge is 2.09. The molecule has 0 bridgehead atoms. The van der Waals surface area contributed by atoms with Crippen molar-refractivity contribution < 1.29 is 13.5 Å². The molecule has 0 radical (unpaired) electrons. The largest absolute Gasteiger partial charge is 0.495 e. The molecule has 0 aliphatic rings. The molecule has 0 amide bonds. The molecule has 136 valence electrons. The number of aromatic nitrogens is 1. The first kappa shape index (κ1) is 19.5. The number of halogens is 3. The molecular formula is C18H17ClF2N4O. The van der Waals surface area contributed by atoms with Gasteiger partial charge in [0.05, 0.1) is 12.8 Å². The van der Waals surface area contributed by atoms with Gasteiger partial charge >= 0.3 is 0 Å². The highest BCUT2D eigenvalue weighted by atomic mass is 35.5. The van der Waals surface area contributed by atoms with Crippen molar-refractivity contribution in [2.45, 2.75) is 12.8 Å². The summed E-state index contributed by atoms with van der Waals surface area (Å²) >= 11 is 6.01. The summed E-state index contributed by atoms with van der Waals surface area (Å²) in [6, 6.07) is 8.38. The number of nitrogens with zero attached hydrogens (tertiary/aromatic N) is 3. The molecule has 26 heavy (non-hydrogen) atoms. The summed E-state index contributed by atoms with van der Waals surface area (Å²) < 4.78 is 30.6. The van der Waals surface area contributed by atoms with Crippen molar-refractivity contribution in [2.75, 3.05) is 12.4 Å². The number of aliphatic imine (C=N–C) groups is 2. The van der Waals surface area contributed by atoms with Crippen LogP contribution in [-0.2, 0) is 0 Å². The number of anilines is 1. The monoisotopic (exact) mass is 378 g/mol. The van der Waals surface area contributed by atoms with Gasteiger partial charge in [0, 0.05) is 29.4 Å². The number of hydrogen-bond donors (Lipinski definition) is 1. The molecule has 0 saturated heterocycles. The SMILES string of the molecule is C=N/C(=N\C(=C/CC(F)F)Nc1cc(Cl)ccc1OC)c1cccnc1. The molecule has 0 atom stereocenters. The van der Waals surface area contributed by atoms with E-state index < -0.39 is 12.8 Å². The Bertz CT molecular complexity index is 810. The molecule has 0 saturated carbocycles. The van der Waals surface area contributed by atoms with E-state index in [1.165, 1.54) is 13.2 Å². The maximum Gasteiger partial charge on any atom is 0.242 e. The standard InChI is InChI=1S/C18H17ClF2N4O/c1-22-18(12-4-3-9-23-11-12)25-17(8-7-16(20)21)24-14-10-13(19)5-6-15(14)26-2/h3-6,8-11,16,24H,1,7H2,2H3/b17-8-,25-18-. The lowest BCUT2D eigenvalue weighted by molar-refractivity contribution is 0.152. The molecule has 1 aromatic carbocycles. The van der Waals surface area contributed by atoms with Gasteiger partial charge in [-0.25, -0.2) is 18.8 Å². The summed E-state index contributed by atoms with van der Waals surface area (Å²) in [4.78, 5) is 12.2. The first-order valence-electron chi connectivity index (χ1n) is 7.58. The zero-order valence-electron chi connectivity index (χ0n) is 14.0. The van der Waals surface area contributed by atoms with Gasteiger partial charge in [0.25, 0.3) is 0 Å². The lowest BCUT2D eigenvalue weighted by Gasteiger charge is -2.13. The van der Waals surface area contributed by atoms with Gasteiger partial charge < -0.3 is 10.1 Å². The number of nitrogens with one attached hydrogen (secondary N) is 1. The van der Waals surface area contributed by atoms with E-state index in [4.69, 9.17) is 16.3 Å². The lowest BCUT2D eigenvalue weighted by Crippen LogP contribution is -2.05. The van der Waals surface area contributed by atoms with Crippen molar-refractivity contribution in [3.63, 3.8) is 0 Å². The molecule has 2 aromatic rings. The molecule has 1 aromatic heterocycles. The summed E-state index contributed by atoms with van der Waals surface area (Å²) in [5.41, 5.74) is 1.09. The number of pyridine rings is 1. The van der Waals surface area contributed by atoms with Gasteiger partial charge in [0.2, 0.25) is 6.43 Å². The maximum atomic E-state index is 12.7. The maximum absolute atomic E-state index is 12.7. The van der Waals surface area contributed by atoms with Gasteiger partial charge in [0.15, 0.2) is 5.84 Å². The minimum Gasteiger partial charge on any atom is -0.495 e. The van der Waals surface area contributed by atoms with E-state index in [0.29, 0.717) is 22.0 Å². The van der Waals surface area contributed by atoms with Crippen LogP contribution >= 0.6 is 11.6 Å². The topological polar surface area (TPSA) is 58.9 Å². The highest BCUT2D eigenvalue weighted by molar-refractivity contribution is 6.30. The Morgan fingerprint density at radius 3 is 2.85 bits per heavy atom. The molecule has 0 fully saturated rings. The number of rotatable bonds is 7. The minimum atomic E-state index is -2.51. The van der Waals surface area contributed by atoms with Gasteiger partial charge in [-0.3, -0.25) is 4.98 Å². The molecular weight excluding hydrogens is 362 g/mol. The van der Waals surface area contributed by atoms with Crippen LogP contribution in [0, 0.1) is 0 Å². The van der Waals surface area contributed by atoms with Gasteiger partial charge in [-0.05, 0) is 43.1 Å². The smallest absolute Gasteiger partial charge is 0.242 e. The summed E-state index contributed by atoms with van der Waals surface area (Å²) in [7, 11) is 1.49. The van der Waals surface area contributed by atoms with Crippen LogP contribution in [0.4, 0.5) is 14.5 Å². The first-order valence-corrected chi connectivity index (χ1v) is 7.96. The number of amidine groups is 1. The second kappa shape index (κ2) is 9.62. The summed E-state index contributed by atoms with van der Waals surface area (Å²) in [6.07, 6.45) is 1.44. The van der Waals surface area contributed by atoms with Crippen molar-refractivity contribution in [3.8, 4) is 5.75 Å². The van der Waals surface area contributed by atoms with E-state index in [-0.39, 0.29) is 11.7 Å². The van der Waals surface area contributed by atoms with Crippen molar-refractivity contribution >= 4 is 29.8 Å². The molecule has 0 spiro atoms. The predicted molar refractivity (Wildman–Crippen MR) is 101 cm³/mol. The second-order valence-corrected chi connectivity index (χ2v) is 5.46. The van der Waals surface area contributed by atoms with Crippen LogP contribution < -0.4 is 10.1 Å². The van der Waals surface area contributed by atoms with Crippen LogP contribution in [0.2, 0.25) is 5.02 Å². The zero-order valence-corrected chi connectivity index (χ0v) is 14.8. The number of allylic oxidation sites excluding steroid dienone is 1. The quantitative estimate of drug-likeness (QED) is 0.556. The number of hydrogen-bond acceptors (Lipinski definition) is 4. The summed E-state index contributed by atoms with van der Waals surface area (Å²) in [5, 5.41) is 3.41. The third-order valence-corrected chi connectivity index (χ3v) is 3.44. The number of benzene rings is 1. The Morgan fingerprint density at radius 2 is 2.23 bits per heavy atom. The summed E-state index contributed by atoms with van der Waals surface area (Å²) in [6.45, 7) is 3.48. The molecule has 8 heteroatoms. The van der Waals surface area contributed by atoms with Gasteiger partial charge in [-0.2, -0.15) is 0 Å². The van der Waals surface area contributed by atoms with Crippen molar-refractivity contribution in [2.24, 2.45) is 9.98 Å². The molecule has 0 aliphatic carbocycles. The van der Waals surface area contributed by atoms with E-state index >= 15 is 0 Å². The molecule has 0 aliphatic heterocycles. The van der Waals surface area contributed by atoms with Crippen LogP contribution in [0.5, 0.6) is 5.75 Å². The Balaban J connectivity index is 2.41. The predicted octanol–water partition coefficient (Wildman–Crippen LogP) is 4.80. The number of alkyl halides is 2. The third kappa shape index (κ3) is 5.63. The van der Waals surface area contributed by atoms with Crippen LogP contribution in [0.3, 0.4) is 0 Å². The van der Waals surface area contributed by atoms with Gasteiger partial charge in [-0.1, -0.05) is 11.6 Å². The Kier molecular flexibility index (Phi) is 7.23. The fourth-order valence-corrected chi connectivity index (χ4v) is 2.21. The van der Waals surface area contributed by atoms with Crippen LogP contribution in [0.1, 0.15) is 12.0 Å². The highest BCUT2D eigenvalue weighted by Crippen LogP contribution is 2.29. The second-order valence-electron chi connectivity index (χ2n) is 5.02. The molecule has 2 rings (SSSR count). The normalized spacial score (nSPS) is 12.2. The van der Waals surface area contributed by atoms with E-state index in [1.807, 2.05) is 0 Å². The zero-order chi connectivity index (χ0) is 18.9. The molecule has 0 unspecified atom stereocenters. The summed E-state index contributed by atoms with van der Waals surface area (Å²) in [5.74, 6) is 0.895. The third-order valence-electron chi connectivity index (χ3n) is 3.21. The molecule has 1 heterocycles. The van der Waals surface area contributed by atoms with E-state index in [2.05, 4.69) is 27.0 Å². The van der Waals surface area contributed by atoms with Crippen LogP contribution in [0.25, 0.3) is 0 Å². The van der Waals surface area contributed by atoms with Gasteiger partial charge in [0.1, 0.15) is 11.6 Å². The average molecular weight is 379 g/mol. The van der Waals surface area contributed by atoms with Crippen molar-refractivity contribution in [1.82, 2.24) is 4.98 Å².